The Morgan fingerprint density at radius 1 is 1.47 bits per heavy atom. The van der Waals surface area contributed by atoms with Crippen LogP contribution in [0.5, 0.6) is 0 Å². The molecule has 0 unspecified atom stereocenters. The molecule has 0 fully saturated rings. The molecule has 0 aliphatic carbocycles. The van der Waals surface area contributed by atoms with Gasteiger partial charge in [0.15, 0.2) is 5.69 Å². The second kappa shape index (κ2) is 6.63. The highest BCUT2D eigenvalue weighted by molar-refractivity contribution is 7.98. The summed E-state index contributed by atoms with van der Waals surface area (Å²) in [7, 11) is 0. The Balaban J connectivity index is 1.97. The summed E-state index contributed by atoms with van der Waals surface area (Å²) in [5.74, 6) is 0.151. The number of oxazole rings is 1. The standard InChI is InChI=1S/C13H12ClNO3S/c1-2-17-12(16)11-7-18-13(15-11)19-8-9-5-3-4-6-10(9)14/h3-7H,2,8H2,1H3. The number of benzene rings is 1. The molecule has 1 heterocycles. The lowest BCUT2D eigenvalue weighted by molar-refractivity contribution is 0.0519. The summed E-state index contributed by atoms with van der Waals surface area (Å²) in [5, 5.41) is 1.12. The van der Waals surface area contributed by atoms with Crippen molar-refractivity contribution in [2.45, 2.75) is 17.9 Å². The first kappa shape index (κ1) is 14.0. The van der Waals surface area contributed by atoms with Crippen LogP contribution in [0.4, 0.5) is 0 Å². The summed E-state index contributed by atoms with van der Waals surface area (Å²) in [6.45, 7) is 2.05. The summed E-state index contributed by atoms with van der Waals surface area (Å²) in [4.78, 5) is 15.5. The van der Waals surface area contributed by atoms with Gasteiger partial charge in [0.2, 0.25) is 0 Å². The zero-order valence-corrected chi connectivity index (χ0v) is 11.8. The second-order valence-electron chi connectivity index (χ2n) is 3.60. The zero-order valence-electron chi connectivity index (χ0n) is 10.3. The van der Waals surface area contributed by atoms with Crippen molar-refractivity contribution in [1.29, 1.82) is 0 Å². The van der Waals surface area contributed by atoms with Gasteiger partial charge < -0.3 is 9.15 Å². The topological polar surface area (TPSA) is 52.3 Å². The van der Waals surface area contributed by atoms with Gasteiger partial charge >= 0.3 is 5.97 Å². The van der Waals surface area contributed by atoms with E-state index in [-0.39, 0.29) is 5.69 Å². The van der Waals surface area contributed by atoms with Crippen molar-refractivity contribution in [2.75, 3.05) is 6.61 Å². The monoisotopic (exact) mass is 297 g/mol. The number of nitrogens with zero attached hydrogens (tertiary/aromatic N) is 1. The molecule has 19 heavy (non-hydrogen) atoms. The first-order chi connectivity index (χ1) is 9.20. The van der Waals surface area contributed by atoms with Crippen LogP contribution in [0.15, 0.2) is 40.2 Å². The minimum absolute atomic E-state index is 0.184. The average Bonchev–Trinajstić information content (AvgIpc) is 2.87. The lowest BCUT2D eigenvalue weighted by atomic mass is 10.2. The van der Waals surface area contributed by atoms with Crippen molar-refractivity contribution in [3.8, 4) is 0 Å². The van der Waals surface area contributed by atoms with Gasteiger partial charge in [0.25, 0.3) is 5.22 Å². The van der Waals surface area contributed by atoms with E-state index in [0.29, 0.717) is 22.6 Å². The molecule has 0 atom stereocenters. The highest BCUT2D eigenvalue weighted by Crippen LogP contribution is 2.26. The van der Waals surface area contributed by atoms with Crippen molar-refractivity contribution in [1.82, 2.24) is 4.98 Å². The van der Waals surface area contributed by atoms with E-state index in [2.05, 4.69) is 4.98 Å². The van der Waals surface area contributed by atoms with Crippen LogP contribution in [0.3, 0.4) is 0 Å². The van der Waals surface area contributed by atoms with Crippen molar-refractivity contribution < 1.29 is 13.9 Å². The summed E-state index contributed by atoms with van der Waals surface area (Å²) < 4.78 is 10.0. The van der Waals surface area contributed by atoms with E-state index < -0.39 is 5.97 Å². The van der Waals surface area contributed by atoms with E-state index in [1.165, 1.54) is 18.0 Å². The third-order valence-corrected chi connectivity index (χ3v) is 3.54. The number of carbonyl (C=O) groups is 1. The molecule has 6 heteroatoms. The Kier molecular flexibility index (Phi) is 4.87. The van der Waals surface area contributed by atoms with Crippen LogP contribution in [0.1, 0.15) is 23.0 Å². The van der Waals surface area contributed by atoms with Crippen LogP contribution in [0.2, 0.25) is 5.02 Å². The number of halogens is 1. The lowest BCUT2D eigenvalue weighted by Gasteiger charge is -2.00. The third kappa shape index (κ3) is 3.75. The van der Waals surface area contributed by atoms with Gasteiger partial charge in [-0.1, -0.05) is 41.6 Å². The maximum absolute atomic E-state index is 11.4. The Morgan fingerprint density at radius 3 is 3.00 bits per heavy atom. The van der Waals surface area contributed by atoms with Gasteiger partial charge in [-0.3, -0.25) is 0 Å². The van der Waals surface area contributed by atoms with Gasteiger partial charge in [-0.2, -0.15) is 4.98 Å². The van der Waals surface area contributed by atoms with E-state index in [1.54, 1.807) is 6.92 Å². The van der Waals surface area contributed by atoms with Crippen LogP contribution in [-0.4, -0.2) is 17.6 Å². The number of esters is 1. The molecule has 0 spiro atoms. The van der Waals surface area contributed by atoms with E-state index in [9.17, 15) is 4.79 Å². The number of hydrogen-bond acceptors (Lipinski definition) is 5. The number of hydrogen-bond donors (Lipinski definition) is 0. The normalized spacial score (nSPS) is 10.4. The molecule has 0 aliphatic rings. The van der Waals surface area contributed by atoms with Gasteiger partial charge in [0.05, 0.1) is 6.61 Å². The Labute approximate surface area is 120 Å². The maximum atomic E-state index is 11.4. The van der Waals surface area contributed by atoms with Crippen LogP contribution in [-0.2, 0) is 10.5 Å². The van der Waals surface area contributed by atoms with E-state index in [1.807, 2.05) is 24.3 Å². The van der Waals surface area contributed by atoms with Gasteiger partial charge in [-0.25, -0.2) is 4.79 Å². The number of ether oxygens (including phenoxy) is 1. The second-order valence-corrected chi connectivity index (χ2v) is 4.93. The van der Waals surface area contributed by atoms with Crippen LogP contribution < -0.4 is 0 Å². The van der Waals surface area contributed by atoms with Crippen molar-refractivity contribution >= 4 is 29.3 Å². The minimum atomic E-state index is -0.476. The first-order valence-electron chi connectivity index (χ1n) is 5.69. The highest BCUT2D eigenvalue weighted by atomic mass is 35.5. The number of rotatable bonds is 5. The highest BCUT2D eigenvalue weighted by Gasteiger charge is 2.13. The van der Waals surface area contributed by atoms with Crippen LogP contribution in [0.25, 0.3) is 0 Å². The van der Waals surface area contributed by atoms with Crippen LogP contribution >= 0.6 is 23.4 Å². The van der Waals surface area contributed by atoms with E-state index in [0.717, 1.165) is 5.56 Å². The molecule has 100 valence electrons. The summed E-state index contributed by atoms with van der Waals surface area (Å²) in [6, 6.07) is 7.56. The Hall–Kier alpha value is -1.46. The SMILES string of the molecule is CCOC(=O)c1coc(SCc2ccccc2Cl)n1. The number of aromatic nitrogens is 1. The fraction of sp³-hybridized carbons (Fsp3) is 0.231. The molecular formula is C13H12ClNO3S. The van der Waals surface area contributed by atoms with Crippen molar-refractivity contribution in [3.05, 3.63) is 46.8 Å². The first-order valence-corrected chi connectivity index (χ1v) is 7.06. The smallest absolute Gasteiger partial charge is 0.360 e. The van der Waals surface area contributed by atoms with Gasteiger partial charge in [0.1, 0.15) is 6.26 Å². The quantitative estimate of drug-likeness (QED) is 0.620. The molecule has 0 saturated carbocycles. The Bertz CT molecular complexity index is 571. The summed E-state index contributed by atoms with van der Waals surface area (Å²) >= 11 is 7.42. The molecule has 1 aromatic heterocycles. The lowest BCUT2D eigenvalue weighted by Crippen LogP contribution is -2.04. The predicted octanol–water partition coefficient (Wildman–Crippen LogP) is 3.80. The van der Waals surface area contributed by atoms with E-state index >= 15 is 0 Å². The largest absolute Gasteiger partial charge is 0.461 e. The molecular weight excluding hydrogens is 286 g/mol. The molecule has 0 saturated heterocycles. The third-order valence-electron chi connectivity index (χ3n) is 2.28. The molecule has 0 N–H and O–H groups in total. The fourth-order valence-corrected chi connectivity index (χ4v) is 2.47. The molecule has 0 aliphatic heterocycles. The number of thioether (sulfide) groups is 1. The molecule has 0 amide bonds. The maximum Gasteiger partial charge on any atom is 0.360 e. The van der Waals surface area contributed by atoms with Gasteiger partial charge in [-0.15, -0.1) is 0 Å². The predicted molar refractivity (Wildman–Crippen MR) is 73.5 cm³/mol. The molecule has 1 aromatic carbocycles. The van der Waals surface area contributed by atoms with Crippen molar-refractivity contribution in [2.24, 2.45) is 0 Å². The Morgan fingerprint density at radius 2 is 2.26 bits per heavy atom. The molecule has 4 nitrogen and oxygen atoms in total. The average molecular weight is 298 g/mol. The minimum Gasteiger partial charge on any atom is -0.461 e. The molecule has 2 aromatic rings. The summed E-state index contributed by atoms with van der Waals surface area (Å²) in [6.07, 6.45) is 1.30. The molecule has 2 rings (SSSR count). The van der Waals surface area contributed by atoms with Gasteiger partial charge in [-0.05, 0) is 18.6 Å². The molecule has 0 bridgehead atoms. The van der Waals surface area contributed by atoms with Crippen LogP contribution in [0, 0.1) is 0 Å². The zero-order chi connectivity index (χ0) is 13.7. The summed E-state index contributed by atoms with van der Waals surface area (Å²) in [5.41, 5.74) is 1.17. The number of carbonyl (C=O) groups excluding carboxylic acids is 1. The van der Waals surface area contributed by atoms with E-state index in [4.69, 9.17) is 20.8 Å². The molecule has 0 radical (unpaired) electrons. The van der Waals surface area contributed by atoms with Gasteiger partial charge in [0, 0.05) is 10.8 Å². The van der Waals surface area contributed by atoms with Crippen molar-refractivity contribution in [3.63, 3.8) is 0 Å². The fourth-order valence-electron chi connectivity index (χ4n) is 1.38.